The van der Waals surface area contributed by atoms with Crippen molar-refractivity contribution in [2.45, 2.75) is 19.8 Å². The van der Waals surface area contributed by atoms with E-state index in [0.717, 1.165) is 17.7 Å². The first-order valence-corrected chi connectivity index (χ1v) is 11.3. The van der Waals surface area contributed by atoms with Crippen LogP contribution in [0.4, 0.5) is 5.69 Å². The van der Waals surface area contributed by atoms with Crippen molar-refractivity contribution in [3.8, 4) is 5.75 Å². The topological polar surface area (TPSA) is 76.4 Å². The molecule has 8 heteroatoms. The fourth-order valence-corrected chi connectivity index (χ4v) is 3.50. The largest absolute Gasteiger partial charge is 0.494 e. The number of thiocarbonyl (C=S) groups is 1. The highest BCUT2D eigenvalue weighted by Crippen LogP contribution is 2.22. The summed E-state index contributed by atoms with van der Waals surface area (Å²) >= 11 is 11.2. The van der Waals surface area contributed by atoms with Crippen LogP contribution in [-0.2, 0) is 6.42 Å². The zero-order chi connectivity index (χ0) is 23.2. The van der Waals surface area contributed by atoms with Crippen molar-refractivity contribution >= 4 is 51.6 Å². The van der Waals surface area contributed by atoms with Gasteiger partial charge in [0.1, 0.15) is 11.3 Å². The van der Waals surface area contributed by atoms with Crippen LogP contribution in [0, 0.1) is 0 Å². The smallest absolute Gasteiger partial charge is 0.257 e. The summed E-state index contributed by atoms with van der Waals surface area (Å²) in [4.78, 5) is 17.0. The number of hydrogen-bond donors (Lipinski definition) is 2. The van der Waals surface area contributed by atoms with Gasteiger partial charge >= 0.3 is 0 Å². The Balaban J connectivity index is 1.37. The lowest BCUT2D eigenvalue weighted by molar-refractivity contribution is 0.0977. The van der Waals surface area contributed by atoms with E-state index in [1.165, 1.54) is 0 Å². The van der Waals surface area contributed by atoms with Crippen LogP contribution in [0.25, 0.3) is 11.1 Å². The third-order valence-electron chi connectivity index (χ3n) is 4.77. The number of hydrogen-bond acceptors (Lipinski definition) is 5. The van der Waals surface area contributed by atoms with Gasteiger partial charge in [-0.1, -0.05) is 30.7 Å². The summed E-state index contributed by atoms with van der Waals surface area (Å²) in [5, 5.41) is 6.58. The van der Waals surface area contributed by atoms with E-state index in [2.05, 4.69) is 15.6 Å². The molecule has 6 nitrogen and oxygen atoms in total. The van der Waals surface area contributed by atoms with E-state index in [1.807, 2.05) is 49.4 Å². The van der Waals surface area contributed by atoms with Crippen molar-refractivity contribution in [3.63, 3.8) is 0 Å². The molecule has 168 valence electrons. The first-order valence-electron chi connectivity index (χ1n) is 10.5. The zero-order valence-electron chi connectivity index (χ0n) is 17.9. The lowest BCUT2D eigenvalue weighted by Crippen LogP contribution is -2.34. The predicted molar refractivity (Wildman–Crippen MR) is 134 cm³/mol. The van der Waals surface area contributed by atoms with Crippen LogP contribution in [0.15, 0.2) is 71.1 Å². The minimum absolute atomic E-state index is 0.190. The molecule has 2 N–H and O–H groups in total. The molecule has 4 rings (SSSR count). The van der Waals surface area contributed by atoms with Gasteiger partial charge in [0.25, 0.3) is 5.91 Å². The number of halogens is 1. The molecule has 33 heavy (non-hydrogen) atoms. The van der Waals surface area contributed by atoms with Gasteiger partial charge in [-0.2, -0.15) is 0 Å². The van der Waals surface area contributed by atoms with Gasteiger partial charge in [-0.3, -0.25) is 10.1 Å². The third-order valence-corrected chi connectivity index (χ3v) is 5.23. The van der Waals surface area contributed by atoms with Crippen LogP contribution in [-0.4, -0.2) is 22.6 Å². The molecule has 0 atom stereocenters. The van der Waals surface area contributed by atoms with E-state index < -0.39 is 0 Å². The SMILES string of the molecule is CCCOc1ccc(C(=O)NC(=S)Nc2ccc3oc(Cc4ccc(Cl)cc4)nc3c2)cc1. The number of fused-ring (bicyclic) bond motifs is 1. The Kier molecular flexibility index (Phi) is 7.22. The molecular weight excluding hydrogens is 458 g/mol. The number of anilines is 1. The minimum Gasteiger partial charge on any atom is -0.494 e. The van der Waals surface area contributed by atoms with Crippen molar-refractivity contribution in [1.29, 1.82) is 0 Å². The normalized spacial score (nSPS) is 10.7. The molecule has 0 unspecified atom stereocenters. The lowest BCUT2D eigenvalue weighted by Gasteiger charge is -2.10. The molecule has 1 aromatic heterocycles. The number of rotatable bonds is 7. The Morgan fingerprint density at radius 2 is 1.85 bits per heavy atom. The van der Waals surface area contributed by atoms with Crippen molar-refractivity contribution in [2.75, 3.05) is 11.9 Å². The van der Waals surface area contributed by atoms with E-state index >= 15 is 0 Å². The Morgan fingerprint density at radius 3 is 2.58 bits per heavy atom. The second kappa shape index (κ2) is 10.5. The molecule has 0 saturated carbocycles. The van der Waals surface area contributed by atoms with Gasteiger partial charge in [-0.15, -0.1) is 0 Å². The van der Waals surface area contributed by atoms with E-state index in [-0.39, 0.29) is 11.0 Å². The van der Waals surface area contributed by atoms with Gasteiger partial charge in [0, 0.05) is 22.7 Å². The fraction of sp³-hybridized carbons (Fsp3) is 0.160. The number of carbonyl (C=O) groups excluding carboxylic acids is 1. The van der Waals surface area contributed by atoms with Gasteiger partial charge in [-0.25, -0.2) is 4.98 Å². The molecule has 0 spiro atoms. The quantitative estimate of drug-likeness (QED) is 0.317. The van der Waals surface area contributed by atoms with Crippen molar-refractivity contribution in [3.05, 3.63) is 88.8 Å². The predicted octanol–water partition coefficient (Wildman–Crippen LogP) is 5.99. The molecule has 1 heterocycles. The van der Waals surface area contributed by atoms with Crippen LogP contribution in [0.2, 0.25) is 5.02 Å². The first-order chi connectivity index (χ1) is 16.0. The van der Waals surface area contributed by atoms with Crippen molar-refractivity contribution < 1.29 is 13.9 Å². The maximum absolute atomic E-state index is 12.5. The molecule has 0 aliphatic carbocycles. The zero-order valence-corrected chi connectivity index (χ0v) is 19.5. The number of amides is 1. The Labute approximate surface area is 201 Å². The Morgan fingerprint density at radius 1 is 1.09 bits per heavy atom. The van der Waals surface area contributed by atoms with Gasteiger partial charge in [0.15, 0.2) is 16.6 Å². The van der Waals surface area contributed by atoms with Crippen molar-refractivity contribution in [2.24, 2.45) is 0 Å². The summed E-state index contributed by atoms with van der Waals surface area (Å²) in [5.41, 5.74) is 3.60. The average molecular weight is 480 g/mol. The maximum atomic E-state index is 12.5. The summed E-state index contributed by atoms with van der Waals surface area (Å²) in [6.07, 6.45) is 1.48. The van der Waals surface area contributed by atoms with E-state index in [0.29, 0.717) is 46.3 Å². The summed E-state index contributed by atoms with van der Waals surface area (Å²) in [5.74, 6) is 1.03. The van der Waals surface area contributed by atoms with Crippen LogP contribution in [0.5, 0.6) is 5.75 Å². The Hall–Kier alpha value is -3.42. The summed E-state index contributed by atoms with van der Waals surface area (Å²) in [6.45, 7) is 2.68. The lowest BCUT2D eigenvalue weighted by atomic mass is 10.1. The molecule has 0 aliphatic rings. The molecule has 4 aromatic rings. The molecular formula is C25H22ClN3O3S. The average Bonchev–Trinajstić information content (AvgIpc) is 3.21. The monoisotopic (exact) mass is 479 g/mol. The molecule has 0 saturated heterocycles. The number of nitrogens with one attached hydrogen (secondary N) is 2. The molecule has 0 fully saturated rings. The van der Waals surface area contributed by atoms with Gasteiger partial charge < -0.3 is 14.5 Å². The van der Waals surface area contributed by atoms with Gasteiger partial charge in [-0.05, 0) is 78.8 Å². The molecule has 0 aliphatic heterocycles. The van der Waals surface area contributed by atoms with Crippen LogP contribution in [0.1, 0.15) is 35.2 Å². The first kappa shape index (κ1) is 22.8. The highest BCUT2D eigenvalue weighted by Gasteiger charge is 2.11. The van der Waals surface area contributed by atoms with E-state index in [9.17, 15) is 4.79 Å². The summed E-state index contributed by atoms with van der Waals surface area (Å²) < 4.78 is 11.4. The highest BCUT2D eigenvalue weighted by molar-refractivity contribution is 7.80. The maximum Gasteiger partial charge on any atom is 0.257 e. The molecule has 3 aromatic carbocycles. The van der Waals surface area contributed by atoms with E-state index in [1.54, 1.807) is 24.3 Å². The van der Waals surface area contributed by atoms with Gasteiger partial charge in [0.2, 0.25) is 0 Å². The number of carbonyl (C=O) groups is 1. The molecule has 0 radical (unpaired) electrons. The number of benzene rings is 3. The molecule has 0 bridgehead atoms. The molecule has 1 amide bonds. The highest BCUT2D eigenvalue weighted by atomic mass is 35.5. The summed E-state index contributed by atoms with van der Waals surface area (Å²) in [7, 11) is 0. The third kappa shape index (κ3) is 6.09. The van der Waals surface area contributed by atoms with Gasteiger partial charge in [0.05, 0.1) is 6.61 Å². The second-order valence-electron chi connectivity index (χ2n) is 7.37. The number of ether oxygens (including phenoxy) is 1. The van der Waals surface area contributed by atoms with Crippen LogP contribution < -0.4 is 15.4 Å². The number of aromatic nitrogens is 1. The van der Waals surface area contributed by atoms with Crippen LogP contribution >= 0.6 is 23.8 Å². The standard InChI is InChI=1S/C25H22ClN3O3S/c1-2-13-31-20-10-5-17(6-11-20)24(30)29-25(33)27-19-9-12-22-21(15-19)28-23(32-22)14-16-3-7-18(26)8-4-16/h3-12,15H,2,13-14H2,1H3,(H2,27,29,30,33). The second-order valence-corrected chi connectivity index (χ2v) is 8.22. The summed E-state index contributed by atoms with van der Waals surface area (Å²) in [6, 6.07) is 19.9. The van der Waals surface area contributed by atoms with Crippen molar-refractivity contribution in [1.82, 2.24) is 10.3 Å². The fourth-order valence-electron chi connectivity index (χ4n) is 3.17. The Bertz CT molecular complexity index is 1270. The number of nitrogens with zero attached hydrogens (tertiary/aromatic N) is 1. The minimum atomic E-state index is -0.303. The van der Waals surface area contributed by atoms with E-state index in [4.69, 9.17) is 33.0 Å². The number of oxazole rings is 1. The van der Waals surface area contributed by atoms with Crippen LogP contribution in [0.3, 0.4) is 0 Å².